The summed E-state index contributed by atoms with van der Waals surface area (Å²) in [5.74, 6) is 0.566. The van der Waals surface area contributed by atoms with Crippen LogP contribution in [0, 0.1) is 5.92 Å². The van der Waals surface area contributed by atoms with Crippen LogP contribution in [0.1, 0.15) is 13.3 Å². The number of rotatable bonds is 3. The number of nitrogens with zero attached hydrogens (tertiary/aromatic N) is 1. The summed E-state index contributed by atoms with van der Waals surface area (Å²) in [5.41, 5.74) is 0.939. The predicted molar refractivity (Wildman–Crippen MR) is 76.5 cm³/mol. The highest BCUT2D eigenvalue weighted by atomic mass is 32.2. The third-order valence-electron chi connectivity index (χ3n) is 3.64. The Labute approximate surface area is 114 Å². The second-order valence-corrected chi connectivity index (χ2v) is 6.91. The molecular weight excluding hydrogens is 262 g/mol. The number of primary sulfonamides is 1. The Kier molecular flexibility index (Phi) is 4.13. The van der Waals surface area contributed by atoms with Gasteiger partial charge in [0, 0.05) is 18.3 Å². The molecule has 6 heteroatoms. The molecule has 1 aromatic carbocycles. The van der Waals surface area contributed by atoms with Crippen molar-refractivity contribution in [1.82, 2.24) is 4.90 Å². The molecule has 3 N–H and O–H groups in total. The number of hydrogen-bond donors (Lipinski definition) is 2. The van der Waals surface area contributed by atoms with Crippen molar-refractivity contribution in [2.24, 2.45) is 11.1 Å². The van der Waals surface area contributed by atoms with E-state index in [0.29, 0.717) is 12.0 Å². The largest absolute Gasteiger partial charge is 0.382 e. The molecule has 1 aliphatic rings. The molecule has 0 saturated carbocycles. The molecule has 1 saturated heterocycles. The first-order chi connectivity index (χ1) is 8.86. The summed E-state index contributed by atoms with van der Waals surface area (Å²) in [5, 5.41) is 8.54. The van der Waals surface area contributed by atoms with Crippen molar-refractivity contribution in [3.05, 3.63) is 24.3 Å². The lowest BCUT2D eigenvalue weighted by atomic mass is 9.94. The van der Waals surface area contributed by atoms with E-state index in [2.05, 4.69) is 24.2 Å². The Morgan fingerprint density at radius 3 is 2.47 bits per heavy atom. The van der Waals surface area contributed by atoms with Crippen molar-refractivity contribution >= 4 is 15.7 Å². The minimum absolute atomic E-state index is 0.148. The molecule has 0 aromatic heterocycles. The van der Waals surface area contributed by atoms with Crippen LogP contribution in [0.3, 0.4) is 0 Å². The number of hydrogen-bond acceptors (Lipinski definition) is 4. The van der Waals surface area contributed by atoms with E-state index >= 15 is 0 Å². The maximum absolute atomic E-state index is 11.2. The van der Waals surface area contributed by atoms with Gasteiger partial charge in [0.1, 0.15) is 0 Å². The van der Waals surface area contributed by atoms with E-state index in [1.165, 1.54) is 12.1 Å². The fourth-order valence-electron chi connectivity index (χ4n) is 2.52. The molecule has 1 heterocycles. The Morgan fingerprint density at radius 2 is 1.95 bits per heavy atom. The van der Waals surface area contributed by atoms with E-state index in [1.54, 1.807) is 12.1 Å². The Bertz CT molecular complexity index is 527. The molecule has 0 radical (unpaired) electrons. The zero-order chi connectivity index (χ0) is 14.0. The third kappa shape index (κ3) is 3.68. The molecule has 2 atom stereocenters. The van der Waals surface area contributed by atoms with Gasteiger partial charge < -0.3 is 10.2 Å². The average Bonchev–Trinajstić information content (AvgIpc) is 2.32. The topological polar surface area (TPSA) is 75.4 Å². The summed E-state index contributed by atoms with van der Waals surface area (Å²) >= 11 is 0. The standard InChI is InChI=1S/C13H21N3O2S/c1-10-9-16(2)8-7-13(10)15-11-3-5-12(6-4-11)19(14,17)18/h3-6,10,13,15H,7-9H2,1-2H3,(H2,14,17,18). The van der Waals surface area contributed by atoms with Crippen LogP contribution in [-0.2, 0) is 10.0 Å². The van der Waals surface area contributed by atoms with Crippen LogP contribution in [0.15, 0.2) is 29.2 Å². The maximum Gasteiger partial charge on any atom is 0.238 e. The number of nitrogens with one attached hydrogen (secondary N) is 1. The molecule has 0 aliphatic carbocycles. The number of likely N-dealkylation sites (tertiary alicyclic amines) is 1. The van der Waals surface area contributed by atoms with Crippen LogP contribution in [0.4, 0.5) is 5.69 Å². The van der Waals surface area contributed by atoms with E-state index in [9.17, 15) is 8.42 Å². The van der Waals surface area contributed by atoms with Crippen LogP contribution in [0.2, 0.25) is 0 Å². The highest BCUT2D eigenvalue weighted by Crippen LogP contribution is 2.21. The molecular formula is C13H21N3O2S. The van der Waals surface area contributed by atoms with Gasteiger partial charge in [-0.3, -0.25) is 0 Å². The van der Waals surface area contributed by atoms with Gasteiger partial charge in [0.2, 0.25) is 10.0 Å². The highest BCUT2D eigenvalue weighted by Gasteiger charge is 2.23. The Morgan fingerprint density at radius 1 is 1.32 bits per heavy atom. The molecule has 2 unspecified atom stereocenters. The fourth-order valence-corrected chi connectivity index (χ4v) is 3.04. The van der Waals surface area contributed by atoms with Crippen molar-refractivity contribution in [3.8, 4) is 0 Å². The summed E-state index contributed by atoms with van der Waals surface area (Å²) in [7, 11) is -1.47. The summed E-state index contributed by atoms with van der Waals surface area (Å²) in [6.07, 6.45) is 1.09. The average molecular weight is 283 g/mol. The van der Waals surface area contributed by atoms with Gasteiger partial charge in [-0.05, 0) is 50.2 Å². The Hall–Kier alpha value is -1.11. The van der Waals surface area contributed by atoms with E-state index in [-0.39, 0.29) is 4.90 Å². The van der Waals surface area contributed by atoms with Gasteiger partial charge in [0.05, 0.1) is 4.90 Å². The van der Waals surface area contributed by atoms with Gasteiger partial charge in [-0.1, -0.05) is 6.92 Å². The van der Waals surface area contributed by atoms with E-state index in [1.807, 2.05) is 0 Å². The quantitative estimate of drug-likeness (QED) is 0.870. The summed E-state index contributed by atoms with van der Waals surface area (Å²) in [4.78, 5) is 2.47. The van der Waals surface area contributed by atoms with Crippen LogP contribution in [-0.4, -0.2) is 39.5 Å². The van der Waals surface area contributed by atoms with Gasteiger partial charge in [-0.15, -0.1) is 0 Å². The molecule has 0 spiro atoms. The van der Waals surface area contributed by atoms with Crippen LogP contribution >= 0.6 is 0 Å². The molecule has 0 bridgehead atoms. The van der Waals surface area contributed by atoms with Gasteiger partial charge in [-0.2, -0.15) is 0 Å². The summed E-state index contributed by atoms with van der Waals surface area (Å²) in [6, 6.07) is 7.04. The number of sulfonamides is 1. The van der Waals surface area contributed by atoms with Crippen molar-refractivity contribution in [2.75, 3.05) is 25.5 Å². The van der Waals surface area contributed by atoms with Crippen LogP contribution in [0.25, 0.3) is 0 Å². The monoisotopic (exact) mass is 283 g/mol. The smallest absolute Gasteiger partial charge is 0.238 e. The number of piperidine rings is 1. The zero-order valence-corrected chi connectivity index (χ0v) is 12.2. The number of benzene rings is 1. The van der Waals surface area contributed by atoms with Gasteiger partial charge >= 0.3 is 0 Å². The first-order valence-corrected chi connectivity index (χ1v) is 7.99. The van der Waals surface area contributed by atoms with Crippen molar-refractivity contribution in [1.29, 1.82) is 0 Å². The first kappa shape index (κ1) is 14.3. The second-order valence-electron chi connectivity index (χ2n) is 5.35. The third-order valence-corrected chi connectivity index (χ3v) is 4.57. The van der Waals surface area contributed by atoms with E-state index in [0.717, 1.165) is 25.2 Å². The SMILES string of the molecule is CC1CN(C)CCC1Nc1ccc(S(N)(=O)=O)cc1. The molecule has 106 valence electrons. The van der Waals surface area contributed by atoms with Crippen LogP contribution in [0.5, 0.6) is 0 Å². The lowest BCUT2D eigenvalue weighted by Crippen LogP contribution is -2.43. The van der Waals surface area contributed by atoms with E-state index < -0.39 is 10.0 Å². The minimum atomic E-state index is -3.61. The second kappa shape index (κ2) is 5.48. The molecule has 1 aliphatic heterocycles. The Balaban J connectivity index is 2.04. The van der Waals surface area contributed by atoms with Crippen molar-refractivity contribution in [3.63, 3.8) is 0 Å². The van der Waals surface area contributed by atoms with Crippen LogP contribution < -0.4 is 10.5 Å². The van der Waals surface area contributed by atoms with Crippen molar-refractivity contribution < 1.29 is 8.42 Å². The maximum atomic E-state index is 11.2. The summed E-state index contributed by atoms with van der Waals surface area (Å²) < 4.78 is 22.3. The lowest BCUT2D eigenvalue weighted by Gasteiger charge is -2.35. The molecule has 5 nitrogen and oxygen atoms in total. The predicted octanol–water partition coefficient (Wildman–Crippen LogP) is 1.09. The summed E-state index contributed by atoms with van der Waals surface area (Å²) in [6.45, 7) is 4.39. The highest BCUT2D eigenvalue weighted by molar-refractivity contribution is 7.89. The van der Waals surface area contributed by atoms with E-state index in [4.69, 9.17) is 5.14 Å². The fraction of sp³-hybridized carbons (Fsp3) is 0.538. The molecule has 1 fully saturated rings. The van der Waals surface area contributed by atoms with Gasteiger partial charge in [0.25, 0.3) is 0 Å². The first-order valence-electron chi connectivity index (χ1n) is 6.44. The normalized spacial score (nSPS) is 25.2. The lowest BCUT2D eigenvalue weighted by molar-refractivity contribution is 0.206. The molecule has 19 heavy (non-hydrogen) atoms. The molecule has 1 aromatic rings. The van der Waals surface area contributed by atoms with Gasteiger partial charge in [-0.25, -0.2) is 13.6 Å². The molecule has 0 amide bonds. The number of anilines is 1. The zero-order valence-electron chi connectivity index (χ0n) is 11.3. The number of nitrogens with two attached hydrogens (primary N) is 1. The minimum Gasteiger partial charge on any atom is -0.382 e. The van der Waals surface area contributed by atoms with Gasteiger partial charge in [0.15, 0.2) is 0 Å². The van der Waals surface area contributed by atoms with Crippen molar-refractivity contribution in [2.45, 2.75) is 24.3 Å². The molecule has 2 rings (SSSR count).